The van der Waals surface area contributed by atoms with Crippen LogP contribution in [0.25, 0.3) is 0 Å². The highest BCUT2D eigenvalue weighted by Crippen LogP contribution is 2.17. The number of amides is 1. The second-order valence-electron chi connectivity index (χ2n) is 4.29. The van der Waals surface area contributed by atoms with Crippen molar-refractivity contribution in [3.63, 3.8) is 0 Å². The topological polar surface area (TPSA) is 41.6 Å². The van der Waals surface area contributed by atoms with Gasteiger partial charge < -0.3 is 10.1 Å². The number of nitrogens with one attached hydrogen (secondary N) is 1. The number of anilines is 1. The first-order valence-corrected chi connectivity index (χ1v) is 7.49. The SMILES string of the molecule is COCC(=O)Nc1ccccc1CN(CCCl)CCCl. The molecule has 1 rings (SSSR count). The molecule has 1 N–H and O–H groups in total. The molecule has 0 bridgehead atoms. The van der Waals surface area contributed by atoms with Crippen LogP contribution in [0.3, 0.4) is 0 Å². The standard InChI is InChI=1S/C14H20Cl2N2O2/c1-20-11-14(19)17-13-5-3-2-4-12(13)10-18(8-6-15)9-7-16/h2-5H,6-11H2,1H3,(H,17,19). The molecular formula is C14H20Cl2N2O2. The van der Waals surface area contributed by atoms with Crippen molar-refractivity contribution in [3.8, 4) is 0 Å². The maximum absolute atomic E-state index is 11.6. The van der Waals surface area contributed by atoms with Gasteiger partial charge in [0.05, 0.1) is 0 Å². The summed E-state index contributed by atoms with van der Waals surface area (Å²) in [6, 6.07) is 7.70. The molecule has 1 aromatic carbocycles. The summed E-state index contributed by atoms with van der Waals surface area (Å²) in [5.74, 6) is 0.936. The first kappa shape index (κ1) is 17.2. The monoisotopic (exact) mass is 318 g/mol. The van der Waals surface area contributed by atoms with Gasteiger partial charge in [-0.3, -0.25) is 9.69 Å². The zero-order valence-corrected chi connectivity index (χ0v) is 13.1. The molecule has 0 atom stereocenters. The predicted octanol–water partition coefficient (Wildman–Crippen LogP) is 2.55. The third-order valence-electron chi connectivity index (χ3n) is 2.76. The van der Waals surface area contributed by atoms with E-state index in [1.807, 2.05) is 24.3 Å². The van der Waals surface area contributed by atoms with Gasteiger partial charge in [-0.1, -0.05) is 18.2 Å². The van der Waals surface area contributed by atoms with E-state index < -0.39 is 0 Å². The molecule has 0 unspecified atom stereocenters. The summed E-state index contributed by atoms with van der Waals surface area (Å²) in [5, 5.41) is 2.84. The Morgan fingerprint density at radius 1 is 1.25 bits per heavy atom. The Labute approximate surface area is 130 Å². The smallest absolute Gasteiger partial charge is 0.250 e. The van der Waals surface area contributed by atoms with Crippen molar-refractivity contribution < 1.29 is 9.53 Å². The van der Waals surface area contributed by atoms with Gasteiger partial charge in [-0.2, -0.15) is 0 Å². The van der Waals surface area contributed by atoms with Gasteiger partial charge in [0.1, 0.15) is 6.61 Å². The van der Waals surface area contributed by atoms with Gasteiger partial charge in [-0.25, -0.2) is 0 Å². The molecule has 0 spiro atoms. The lowest BCUT2D eigenvalue weighted by atomic mass is 10.1. The van der Waals surface area contributed by atoms with Crippen LogP contribution in [0.4, 0.5) is 5.69 Å². The van der Waals surface area contributed by atoms with Crippen LogP contribution in [-0.4, -0.2) is 49.4 Å². The molecule has 0 aliphatic rings. The number of nitrogens with zero attached hydrogens (tertiary/aromatic N) is 1. The Balaban J connectivity index is 2.75. The van der Waals surface area contributed by atoms with Crippen molar-refractivity contribution in [1.82, 2.24) is 4.90 Å². The normalized spacial score (nSPS) is 10.8. The highest BCUT2D eigenvalue weighted by atomic mass is 35.5. The molecule has 0 saturated heterocycles. The maximum atomic E-state index is 11.6. The number of hydrogen-bond acceptors (Lipinski definition) is 3. The van der Waals surface area contributed by atoms with Gasteiger partial charge in [-0.15, -0.1) is 23.2 Å². The summed E-state index contributed by atoms with van der Waals surface area (Å²) in [6.45, 7) is 2.26. The molecule has 0 aliphatic carbocycles. The number of alkyl halides is 2. The van der Waals surface area contributed by atoms with E-state index in [0.717, 1.165) is 24.3 Å². The van der Waals surface area contributed by atoms with Crippen LogP contribution in [0, 0.1) is 0 Å². The lowest BCUT2D eigenvalue weighted by Gasteiger charge is -2.21. The van der Waals surface area contributed by atoms with E-state index in [-0.39, 0.29) is 12.5 Å². The second kappa shape index (κ2) is 10.00. The number of rotatable bonds is 9. The summed E-state index contributed by atoms with van der Waals surface area (Å²) in [6.07, 6.45) is 0. The quantitative estimate of drug-likeness (QED) is 0.711. The Hall–Kier alpha value is -0.810. The van der Waals surface area contributed by atoms with Crippen LogP contribution in [-0.2, 0) is 16.1 Å². The van der Waals surface area contributed by atoms with Gasteiger partial charge in [-0.05, 0) is 11.6 Å². The lowest BCUT2D eigenvalue weighted by Crippen LogP contribution is -2.28. The molecule has 112 valence electrons. The van der Waals surface area contributed by atoms with Gasteiger partial charge in [0, 0.05) is 44.2 Å². The molecule has 0 fully saturated rings. The van der Waals surface area contributed by atoms with Crippen molar-refractivity contribution in [2.24, 2.45) is 0 Å². The van der Waals surface area contributed by atoms with E-state index in [1.165, 1.54) is 7.11 Å². The fourth-order valence-corrected chi connectivity index (χ4v) is 2.33. The Kier molecular flexibility index (Phi) is 8.62. The van der Waals surface area contributed by atoms with Crippen molar-refractivity contribution in [2.45, 2.75) is 6.54 Å². The number of halogens is 2. The minimum atomic E-state index is -0.166. The van der Waals surface area contributed by atoms with Crippen LogP contribution >= 0.6 is 23.2 Å². The molecule has 0 aromatic heterocycles. The molecular weight excluding hydrogens is 299 g/mol. The zero-order valence-electron chi connectivity index (χ0n) is 11.6. The summed E-state index contributed by atoms with van der Waals surface area (Å²) in [7, 11) is 1.49. The predicted molar refractivity (Wildman–Crippen MR) is 83.7 cm³/mol. The number of benzene rings is 1. The van der Waals surface area contributed by atoms with Crippen molar-refractivity contribution in [2.75, 3.05) is 43.9 Å². The largest absolute Gasteiger partial charge is 0.375 e. The Bertz CT molecular complexity index is 410. The van der Waals surface area contributed by atoms with Gasteiger partial charge >= 0.3 is 0 Å². The van der Waals surface area contributed by atoms with Crippen molar-refractivity contribution in [1.29, 1.82) is 0 Å². The third-order valence-corrected chi connectivity index (χ3v) is 3.10. The second-order valence-corrected chi connectivity index (χ2v) is 5.05. The highest BCUT2D eigenvalue weighted by molar-refractivity contribution is 6.18. The van der Waals surface area contributed by atoms with E-state index >= 15 is 0 Å². The summed E-state index contributed by atoms with van der Waals surface area (Å²) in [5.41, 5.74) is 1.83. The summed E-state index contributed by atoms with van der Waals surface area (Å²) >= 11 is 11.6. The first-order valence-electron chi connectivity index (χ1n) is 6.42. The van der Waals surface area contributed by atoms with Gasteiger partial charge in [0.15, 0.2) is 0 Å². The molecule has 20 heavy (non-hydrogen) atoms. The lowest BCUT2D eigenvalue weighted by molar-refractivity contribution is -0.119. The van der Waals surface area contributed by atoms with Crippen LogP contribution in [0.5, 0.6) is 0 Å². The molecule has 0 saturated carbocycles. The number of methoxy groups -OCH3 is 1. The average molecular weight is 319 g/mol. The third kappa shape index (κ3) is 6.09. The zero-order chi connectivity index (χ0) is 14.8. The Morgan fingerprint density at radius 3 is 2.50 bits per heavy atom. The molecule has 1 amide bonds. The van der Waals surface area contributed by atoms with Crippen LogP contribution in [0.1, 0.15) is 5.56 Å². The Morgan fingerprint density at radius 2 is 1.90 bits per heavy atom. The van der Waals surface area contributed by atoms with E-state index in [2.05, 4.69) is 10.2 Å². The summed E-state index contributed by atoms with van der Waals surface area (Å²) in [4.78, 5) is 13.8. The van der Waals surface area contributed by atoms with E-state index in [1.54, 1.807) is 0 Å². The minimum Gasteiger partial charge on any atom is -0.375 e. The van der Waals surface area contributed by atoms with Crippen molar-refractivity contribution in [3.05, 3.63) is 29.8 Å². The van der Waals surface area contributed by atoms with Crippen molar-refractivity contribution >= 4 is 34.8 Å². The number of hydrogen-bond donors (Lipinski definition) is 1. The fraction of sp³-hybridized carbons (Fsp3) is 0.500. The number of para-hydroxylation sites is 1. The molecule has 1 aromatic rings. The average Bonchev–Trinajstić information content (AvgIpc) is 2.42. The van der Waals surface area contributed by atoms with Gasteiger partial charge in [0.25, 0.3) is 0 Å². The molecule has 6 heteroatoms. The number of carbonyl (C=O) groups excluding carboxylic acids is 1. The number of ether oxygens (including phenoxy) is 1. The van der Waals surface area contributed by atoms with E-state index in [4.69, 9.17) is 27.9 Å². The fourth-order valence-electron chi connectivity index (χ4n) is 1.85. The summed E-state index contributed by atoms with van der Waals surface area (Å²) < 4.78 is 4.82. The number of carbonyl (C=O) groups is 1. The molecule has 0 radical (unpaired) electrons. The van der Waals surface area contributed by atoms with Gasteiger partial charge in [0.2, 0.25) is 5.91 Å². The van der Waals surface area contributed by atoms with Crippen LogP contribution in [0.15, 0.2) is 24.3 Å². The molecule has 0 aliphatic heterocycles. The van der Waals surface area contributed by atoms with Crippen LogP contribution < -0.4 is 5.32 Å². The highest BCUT2D eigenvalue weighted by Gasteiger charge is 2.10. The first-order chi connectivity index (χ1) is 9.71. The van der Waals surface area contributed by atoms with E-state index in [9.17, 15) is 4.79 Å². The molecule has 4 nitrogen and oxygen atoms in total. The van der Waals surface area contributed by atoms with Crippen LogP contribution in [0.2, 0.25) is 0 Å². The maximum Gasteiger partial charge on any atom is 0.250 e. The molecule has 0 heterocycles. The van der Waals surface area contributed by atoms with E-state index in [0.29, 0.717) is 18.3 Å². The minimum absolute atomic E-state index is 0.0431.